The quantitative estimate of drug-likeness (QED) is 0.0886. The van der Waals surface area contributed by atoms with Crippen LogP contribution in [0.3, 0.4) is 0 Å². The van der Waals surface area contributed by atoms with E-state index in [9.17, 15) is 41.9 Å². The van der Waals surface area contributed by atoms with E-state index >= 15 is 0 Å². The van der Waals surface area contributed by atoms with Crippen molar-refractivity contribution in [2.24, 2.45) is 29.0 Å². The first-order valence-corrected chi connectivity index (χ1v) is 22.7. The molecular formula is C43H72F3N13O8. The molecule has 67 heavy (non-hydrogen) atoms. The van der Waals surface area contributed by atoms with Crippen molar-refractivity contribution >= 4 is 52.3 Å². The predicted molar refractivity (Wildman–Crippen MR) is 244 cm³/mol. The summed E-state index contributed by atoms with van der Waals surface area (Å²) in [7, 11) is 0. The number of rotatable bonds is 18. The van der Waals surface area contributed by atoms with Gasteiger partial charge in [0.05, 0.1) is 19.6 Å². The van der Waals surface area contributed by atoms with Gasteiger partial charge in [0.2, 0.25) is 17.7 Å². The molecule has 14 N–H and O–H groups in total. The fourth-order valence-electron chi connectivity index (χ4n) is 7.00. The molecule has 378 valence electrons. The number of nitrogens with one attached hydrogen (secondary N) is 7. The lowest BCUT2D eigenvalue weighted by atomic mass is 10.0. The fraction of sp³-hybridized carbons (Fsp3) is 0.651. The minimum absolute atomic E-state index is 0.0125. The van der Waals surface area contributed by atoms with Gasteiger partial charge >= 0.3 is 12.1 Å². The van der Waals surface area contributed by atoms with Crippen molar-refractivity contribution < 1.29 is 51.8 Å². The highest BCUT2D eigenvalue weighted by Gasteiger charge is 2.38. The molecule has 3 atom stereocenters. The minimum Gasteiger partial charge on any atom is -0.475 e. The van der Waals surface area contributed by atoms with E-state index in [1.165, 1.54) is 15.0 Å². The third-order valence-electron chi connectivity index (χ3n) is 10.1. The minimum atomic E-state index is -5.08. The first kappa shape index (κ1) is 57.7. The number of hydrazine groups is 3. The summed E-state index contributed by atoms with van der Waals surface area (Å²) in [6, 6.07) is 4.54. The average Bonchev–Trinajstić information content (AvgIpc) is 3.64. The van der Waals surface area contributed by atoms with Gasteiger partial charge in [-0.15, -0.1) is 0 Å². The highest BCUT2D eigenvalue weighted by molar-refractivity contribution is 5.92. The van der Waals surface area contributed by atoms with Crippen LogP contribution < -0.4 is 49.4 Å². The molecule has 1 aliphatic rings. The van der Waals surface area contributed by atoms with Crippen molar-refractivity contribution in [1.29, 1.82) is 0 Å². The second-order valence-electron chi connectivity index (χ2n) is 17.2. The Morgan fingerprint density at radius 3 is 1.51 bits per heavy atom. The number of halogens is 3. The molecule has 1 aromatic heterocycles. The van der Waals surface area contributed by atoms with Crippen LogP contribution in [0.5, 0.6) is 0 Å². The van der Waals surface area contributed by atoms with E-state index in [2.05, 4.69) is 37.2 Å². The van der Waals surface area contributed by atoms with Gasteiger partial charge in [-0.2, -0.15) is 13.2 Å². The van der Waals surface area contributed by atoms with Crippen LogP contribution in [0, 0.1) is 11.8 Å². The molecule has 2 aromatic rings. The van der Waals surface area contributed by atoms with Crippen LogP contribution in [-0.2, 0) is 40.0 Å². The van der Waals surface area contributed by atoms with Crippen LogP contribution >= 0.6 is 0 Å². The molecule has 1 aromatic carbocycles. The van der Waals surface area contributed by atoms with E-state index < -0.39 is 65.7 Å². The maximum atomic E-state index is 14.2. The Kier molecular flexibility index (Phi) is 25.9. The van der Waals surface area contributed by atoms with Crippen LogP contribution in [0.1, 0.15) is 84.6 Å². The van der Waals surface area contributed by atoms with Gasteiger partial charge in [-0.25, -0.2) is 19.8 Å². The third kappa shape index (κ3) is 22.8. The maximum absolute atomic E-state index is 14.2. The number of alkyl halides is 3. The van der Waals surface area contributed by atoms with Crippen LogP contribution in [0.2, 0.25) is 0 Å². The fourth-order valence-corrected chi connectivity index (χ4v) is 7.00. The topological polar surface area (TPSA) is 315 Å². The molecule has 2 heterocycles. The summed E-state index contributed by atoms with van der Waals surface area (Å²) in [5.74, 6) is -5.92. The Bertz CT molecular complexity index is 1880. The summed E-state index contributed by atoms with van der Waals surface area (Å²) in [4.78, 5) is 95.5. The number of carbonyl (C=O) groups is 7. The Morgan fingerprint density at radius 2 is 1.06 bits per heavy atom. The summed E-state index contributed by atoms with van der Waals surface area (Å²) in [6.45, 7) is 8.92. The molecule has 1 saturated heterocycles. The zero-order valence-corrected chi connectivity index (χ0v) is 39.0. The van der Waals surface area contributed by atoms with Crippen molar-refractivity contribution in [3.8, 4) is 0 Å². The number of nitrogens with zero attached hydrogens (tertiary/aromatic N) is 3. The third-order valence-corrected chi connectivity index (χ3v) is 10.1. The maximum Gasteiger partial charge on any atom is 0.490 e. The van der Waals surface area contributed by atoms with E-state index in [0.29, 0.717) is 58.2 Å². The molecular weight excluding hydrogens is 884 g/mol. The van der Waals surface area contributed by atoms with E-state index in [0.717, 1.165) is 16.5 Å². The zero-order valence-electron chi connectivity index (χ0n) is 39.0. The second-order valence-corrected chi connectivity index (χ2v) is 17.2. The smallest absolute Gasteiger partial charge is 0.475 e. The Morgan fingerprint density at radius 1 is 0.657 bits per heavy atom. The molecule has 1 fully saturated rings. The number of aromatic nitrogens is 1. The van der Waals surface area contributed by atoms with Crippen LogP contribution in [0.4, 0.5) is 13.2 Å². The van der Waals surface area contributed by atoms with Gasteiger partial charge in [-0.1, -0.05) is 45.9 Å². The Labute approximate surface area is 389 Å². The summed E-state index contributed by atoms with van der Waals surface area (Å²) in [5, 5.41) is 21.0. The molecule has 1 aliphatic heterocycles. The number of carboxylic acids is 1. The monoisotopic (exact) mass is 956 g/mol. The van der Waals surface area contributed by atoms with Crippen molar-refractivity contribution in [2.75, 3.05) is 58.9 Å². The zero-order chi connectivity index (χ0) is 50.1. The van der Waals surface area contributed by atoms with Crippen LogP contribution in [0.15, 0.2) is 30.5 Å². The molecule has 3 rings (SSSR count). The number of fused-ring (bicyclic) bond motifs is 1. The van der Waals surface area contributed by atoms with Crippen molar-refractivity contribution in [3.05, 3.63) is 36.0 Å². The summed E-state index contributed by atoms with van der Waals surface area (Å²) in [6.07, 6.45) is 0.863. The Balaban J connectivity index is 0.00000203. The SMILES string of the molecule is CC(C)CN1CC(=O)N[C@@H](Cc2c[nH]c3ccccc23)C(=O)NN(CC(C)C)CC(=O)N[C@@H](CCCCN)C(=O)NN(CCCCN)CC(=O)N[C@@H](CCCCN)C(=O)N1.O=C(O)C(F)(F)F. The second kappa shape index (κ2) is 30.1. The van der Waals surface area contributed by atoms with Gasteiger partial charge in [-0.05, 0) is 94.5 Å². The highest BCUT2D eigenvalue weighted by Crippen LogP contribution is 2.20. The average molecular weight is 956 g/mol. The molecule has 0 unspecified atom stereocenters. The van der Waals surface area contributed by atoms with Gasteiger partial charge in [0.15, 0.2) is 0 Å². The highest BCUT2D eigenvalue weighted by atomic mass is 19.4. The van der Waals surface area contributed by atoms with E-state index in [-0.39, 0.29) is 70.4 Å². The predicted octanol–water partition coefficient (Wildman–Crippen LogP) is 0.120. The van der Waals surface area contributed by atoms with Crippen molar-refractivity contribution in [1.82, 2.24) is 52.2 Å². The van der Waals surface area contributed by atoms with E-state index in [1.807, 2.05) is 52.0 Å². The lowest BCUT2D eigenvalue weighted by molar-refractivity contribution is -0.192. The number of nitrogens with two attached hydrogens (primary N) is 3. The molecule has 24 heteroatoms. The standard InChI is InChI=1S/C41H71N13O6.C2HF3O2/c1-28(2)23-53-27-38(57)48-35(21-30-22-45-32-14-6-5-13-31(30)32)41(60)51-54(24-29(3)4)26-37(56)47-33(15-7-9-17-42)39(58)49-52(20-12-11-19-44)25-36(55)46-34(40(59)50-53)16-8-10-18-43;3-2(4,5)1(6)7/h5-6,13-14,22,28-29,33-35,45H,7-12,15-21,23-27,42-44H2,1-4H3,(H,46,55)(H,47,56)(H,48,57)(H,49,58)(H,50,59)(H,51,60);(H,6,7)/t33-,34-,35-;/m0./s1. The molecule has 0 bridgehead atoms. The van der Waals surface area contributed by atoms with E-state index in [4.69, 9.17) is 27.1 Å². The number of para-hydroxylation sites is 1. The number of carbonyl (C=O) groups excluding carboxylic acids is 6. The lowest BCUT2D eigenvalue weighted by Crippen LogP contribution is -2.59. The lowest BCUT2D eigenvalue weighted by Gasteiger charge is -2.29. The Hall–Kier alpha value is -5.40. The number of hydrogen-bond acceptors (Lipinski definition) is 13. The summed E-state index contributed by atoms with van der Waals surface area (Å²) < 4.78 is 31.7. The first-order valence-electron chi connectivity index (χ1n) is 22.7. The molecule has 21 nitrogen and oxygen atoms in total. The van der Waals surface area contributed by atoms with Gasteiger partial charge < -0.3 is 43.2 Å². The molecule has 0 saturated carbocycles. The van der Waals surface area contributed by atoms with Gasteiger partial charge in [0, 0.05) is 43.2 Å². The van der Waals surface area contributed by atoms with Crippen LogP contribution in [0.25, 0.3) is 10.9 Å². The van der Waals surface area contributed by atoms with E-state index in [1.54, 1.807) is 6.20 Å². The molecule has 6 amide bonds. The largest absolute Gasteiger partial charge is 0.490 e. The summed E-state index contributed by atoms with van der Waals surface area (Å²) >= 11 is 0. The molecule has 0 spiro atoms. The van der Waals surface area contributed by atoms with Crippen molar-refractivity contribution in [3.63, 3.8) is 0 Å². The van der Waals surface area contributed by atoms with Gasteiger partial charge in [0.1, 0.15) is 18.1 Å². The number of hydrogen-bond donors (Lipinski definition) is 11. The number of aromatic amines is 1. The number of carboxylic acid groups (broad SMARTS) is 1. The number of benzene rings is 1. The normalized spacial score (nSPS) is 19.7. The number of amides is 6. The van der Waals surface area contributed by atoms with Gasteiger partial charge in [0.25, 0.3) is 17.7 Å². The number of H-pyrrole nitrogens is 1. The molecule has 0 aliphatic carbocycles. The van der Waals surface area contributed by atoms with Crippen molar-refractivity contribution in [2.45, 2.75) is 110 Å². The number of aliphatic carboxylic acids is 1. The molecule has 0 radical (unpaired) electrons. The van der Waals surface area contributed by atoms with Gasteiger partial charge in [-0.3, -0.25) is 45.0 Å². The van der Waals surface area contributed by atoms with Crippen LogP contribution in [-0.4, -0.2) is 150 Å². The summed E-state index contributed by atoms with van der Waals surface area (Å²) in [5.41, 5.74) is 27.5. The number of unbranched alkanes of at least 4 members (excludes halogenated alkanes) is 3. The first-order chi connectivity index (χ1) is 31.7.